The SMILES string of the molecule is Cc1ncnc2c1ccn2[C@@H]1O[C@H](C(O)c2ccc(Cl)c(Cl)c2)[C@@](C)(O)[C@H]1O. The third kappa shape index (κ3) is 2.99. The smallest absolute Gasteiger partial charge is 0.164 e. The quantitative estimate of drug-likeness (QED) is 0.598. The summed E-state index contributed by atoms with van der Waals surface area (Å²) < 4.78 is 7.57. The van der Waals surface area contributed by atoms with Crippen molar-refractivity contribution in [2.45, 2.75) is 44.0 Å². The predicted octanol–water partition coefficient (Wildman–Crippen LogP) is 2.79. The van der Waals surface area contributed by atoms with Crippen molar-refractivity contribution < 1.29 is 20.1 Å². The summed E-state index contributed by atoms with van der Waals surface area (Å²) in [5, 5.41) is 34.0. The van der Waals surface area contributed by atoms with Crippen LogP contribution in [0.15, 0.2) is 36.8 Å². The predicted molar refractivity (Wildman–Crippen MR) is 104 cm³/mol. The summed E-state index contributed by atoms with van der Waals surface area (Å²) in [6.07, 6.45) is -1.45. The molecule has 9 heteroatoms. The van der Waals surface area contributed by atoms with Crippen molar-refractivity contribution in [2.24, 2.45) is 0 Å². The summed E-state index contributed by atoms with van der Waals surface area (Å²) >= 11 is 12.0. The van der Waals surface area contributed by atoms with E-state index in [2.05, 4.69) is 9.97 Å². The van der Waals surface area contributed by atoms with Gasteiger partial charge in [-0.25, -0.2) is 9.97 Å². The molecule has 1 unspecified atom stereocenters. The molecule has 0 bridgehead atoms. The Hall–Kier alpha value is -1.74. The van der Waals surface area contributed by atoms with Crippen LogP contribution in [-0.2, 0) is 4.74 Å². The van der Waals surface area contributed by atoms with E-state index < -0.39 is 30.1 Å². The summed E-state index contributed by atoms with van der Waals surface area (Å²) in [7, 11) is 0. The first-order chi connectivity index (χ1) is 13.2. The zero-order valence-corrected chi connectivity index (χ0v) is 16.6. The fraction of sp³-hybridized carbons (Fsp3) is 0.368. The minimum absolute atomic E-state index is 0.275. The number of rotatable bonds is 3. The number of benzene rings is 1. The van der Waals surface area contributed by atoms with Gasteiger partial charge in [0.05, 0.1) is 15.7 Å². The molecular weight excluding hydrogens is 405 g/mol. The Balaban J connectivity index is 1.71. The first kappa shape index (κ1) is 19.6. The maximum absolute atomic E-state index is 10.9. The van der Waals surface area contributed by atoms with E-state index in [4.69, 9.17) is 27.9 Å². The zero-order valence-electron chi connectivity index (χ0n) is 15.1. The standard InChI is InChI=1S/C19H19Cl2N3O4/c1-9-11-5-6-24(17(11)23-8-22-9)18-15(26)19(2,27)16(28-18)14(25)10-3-4-12(20)13(21)7-10/h3-8,14-16,18,25-27H,1-2H3/t14?,15-,16+,18+,19-/m0/s1. The van der Waals surface area contributed by atoms with Crippen molar-refractivity contribution in [2.75, 3.05) is 0 Å². The molecule has 0 saturated carbocycles. The summed E-state index contributed by atoms with van der Waals surface area (Å²) in [6, 6.07) is 6.48. The molecule has 7 nitrogen and oxygen atoms in total. The van der Waals surface area contributed by atoms with Crippen LogP contribution < -0.4 is 0 Å². The van der Waals surface area contributed by atoms with Gasteiger partial charge in [-0.05, 0) is 37.6 Å². The first-order valence-electron chi connectivity index (χ1n) is 8.69. The Morgan fingerprint density at radius 1 is 1.21 bits per heavy atom. The second-order valence-electron chi connectivity index (χ2n) is 7.16. The van der Waals surface area contributed by atoms with E-state index in [-0.39, 0.29) is 5.02 Å². The van der Waals surface area contributed by atoms with Gasteiger partial charge in [0.15, 0.2) is 6.23 Å². The van der Waals surface area contributed by atoms with E-state index in [1.807, 2.05) is 13.0 Å². The Morgan fingerprint density at radius 2 is 1.96 bits per heavy atom. The van der Waals surface area contributed by atoms with Crippen LogP contribution in [-0.4, -0.2) is 47.7 Å². The molecule has 1 saturated heterocycles. The fourth-order valence-corrected chi connectivity index (χ4v) is 3.91. The maximum atomic E-state index is 10.9. The molecule has 0 aliphatic carbocycles. The molecule has 148 valence electrons. The fourth-order valence-electron chi connectivity index (χ4n) is 3.60. The molecule has 3 heterocycles. The molecule has 5 atom stereocenters. The van der Waals surface area contributed by atoms with Gasteiger partial charge in [0.25, 0.3) is 0 Å². The van der Waals surface area contributed by atoms with Gasteiger partial charge in [-0.3, -0.25) is 0 Å². The Morgan fingerprint density at radius 3 is 2.68 bits per heavy atom. The lowest BCUT2D eigenvalue weighted by atomic mass is 9.88. The van der Waals surface area contributed by atoms with Crippen LogP contribution in [0.3, 0.4) is 0 Å². The third-order valence-corrected chi connectivity index (χ3v) is 6.02. The highest BCUT2D eigenvalue weighted by Gasteiger charge is 2.55. The number of nitrogens with zero attached hydrogens (tertiary/aromatic N) is 3. The lowest BCUT2D eigenvalue weighted by Gasteiger charge is -2.29. The molecule has 1 aliphatic rings. The van der Waals surface area contributed by atoms with E-state index >= 15 is 0 Å². The number of hydrogen-bond donors (Lipinski definition) is 3. The molecule has 0 amide bonds. The minimum Gasteiger partial charge on any atom is -0.386 e. The van der Waals surface area contributed by atoms with Crippen LogP contribution in [0.5, 0.6) is 0 Å². The number of aryl methyl sites for hydroxylation is 1. The molecule has 2 aromatic heterocycles. The van der Waals surface area contributed by atoms with Crippen molar-refractivity contribution in [1.29, 1.82) is 0 Å². The van der Waals surface area contributed by atoms with E-state index in [9.17, 15) is 15.3 Å². The van der Waals surface area contributed by atoms with Gasteiger partial charge in [0.2, 0.25) is 0 Å². The van der Waals surface area contributed by atoms with Crippen LogP contribution in [0, 0.1) is 6.92 Å². The molecule has 3 N–H and O–H groups in total. The largest absolute Gasteiger partial charge is 0.386 e. The number of aliphatic hydroxyl groups is 3. The van der Waals surface area contributed by atoms with E-state index in [1.165, 1.54) is 19.3 Å². The monoisotopic (exact) mass is 423 g/mol. The van der Waals surface area contributed by atoms with Crippen molar-refractivity contribution in [3.05, 3.63) is 58.1 Å². The number of fused-ring (bicyclic) bond motifs is 1. The van der Waals surface area contributed by atoms with Gasteiger partial charge >= 0.3 is 0 Å². The van der Waals surface area contributed by atoms with Crippen molar-refractivity contribution >= 4 is 34.2 Å². The minimum atomic E-state index is -1.73. The molecule has 1 fully saturated rings. The summed E-state index contributed by atoms with van der Waals surface area (Å²) in [6.45, 7) is 3.28. The van der Waals surface area contributed by atoms with Crippen molar-refractivity contribution in [3.8, 4) is 0 Å². The molecule has 0 spiro atoms. The Kier molecular flexibility index (Phi) is 4.86. The Labute approximate surface area is 171 Å². The Bertz CT molecular complexity index is 1040. The highest BCUT2D eigenvalue weighted by Crippen LogP contribution is 2.43. The first-order valence-corrected chi connectivity index (χ1v) is 9.44. The van der Waals surface area contributed by atoms with Crippen molar-refractivity contribution in [3.63, 3.8) is 0 Å². The highest BCUT2D eigenvalue weighted by molar-refractivity contribution is 6.42. The molecule has 0 radical (unpaired) electrons. The second-order valence-corrected chi connectivity index (χ2v) is 7.97. The number of halogens is 2. The number of aliphatic hydroxyl groups excluding tert-OH is 2. The average Bonchev–Trinajstić information content (AvgIpc) is 3.17. The van der Waals surface area contributed by atoms with Gasteiger partial charge in [0, 0.05) is 11.6 Å². The molecule has 1 aliphatic heterocycles. The molecule has 1 aromatic carbocycles. The van der Waals surface area contributed by atoms with E-state index in [0.29, 0.717) is 16.2 Å². The molecule has 4 rings (SSSR count). The summed E-state index contributed by atoms with van der Waals surface area (Å²) in [5.74, 6) is 0. The lowest BCUT2D eigenvalue weighted by Crippen LogP contribution is -2.47. The highest BCUT2D eigenvalue weighted by atomic mass is 35.5. The van der Waals surface area contributed by atoms with Crippen LogP contribution in [0.1, 0.15) is 30.5 Å². The average molecular weight is 424 g/mol. The van der Waals surface area contributed by atoms with Gasteiger partial charge in [-0.1, -0.05) is 29.3 Å². The molecule has 3 aromatic rings. The van der Waals surface area contributed by atoms with Crippen LogP contribution >= 0.6 is 23.2 Å². The summed E-state index contributed by atoms with van der Waals surface area (Å²) in [4.78, 5) is 8.42. The van der Waals surface area contributed by atoms with Gasteiger partial charge in [0.1, 0.15) is 35.9 Å². The summed E-state index contributed by atoms with van der Waals surface area (Å²) in [5.41, 5.74) is 0.0463. The van der Waals surface area contributed by atoms with Gasteiger partial charge in [-0.15, -0.1) is 0 Å². The number of ether oxygens (including phenoxy) is 1. The van der Waals surface area contributed by atoms with Crippen LogP contribution in [0.4, 0.5) is 0 Å². The van der Waals surface area contributed by atoms with Crippen LogP contribution in [0.2, 0.25) is 10.0 Å². The zero-order chi connectivity index (χ0) is 20.2. The van der Waals surface area contributed by atoms with Gasteiger partial charge < -0.3 is 24.6 Å². The van der Waals surface area contributed by atoms with Crippen LogP contribution in [0.25, 0.3) is 11.0 Å². The van der Waals surface area contributed by atoms with E-state index in [1.54, 1.807) is 22.9 Å². The van der Waals surface area contributed by atoms with E-state index in [0.717, 1.165) is 11.1 Å². The van der Waals surface area contributed by atoms with Crippen molar-refractivity contribution in [1.82, 2.24) is 14.5 Å². The molecule has 28 heavy (non-hydrogen) atoms. The number of hydrogen-bond acceptors (Lipinski definition) is 6. The topological polar surface area (TPSA) is 101 Å². The third-order valence-electron chi connectivity index (χ3n) is 5.29. The second kappa shape index (κ2) is 6.95. The maximum Gasteiger partial charge on any atom is 0.164 e. The molecular formula is C19H19Cl2N3O4. The number of aromatic nitrogens is 3. The normalized spacial score (nSPS) is 28.8. The lowest BCUT2D eigenvalue weighted by molar-refractivity contribution is -0.115. The van der Waals surface area contributed by atoms with Gasteiger partial charge in [-0.2, -0.15) is 0 Å².